The maximum Gasteiger partial charge on any atom is 0.257 e. The number of nitrogens with one attached hydrogen (secondary N) is 1. The van der Waals surface area contributed by atoms with E-state index in [0.29, 0.717) is 5.75 Å². The van der Waals surface area contributed by atoms with Gasteiger partial charge < -0.3 is 10.1 Å². The van der Waals surface area contributed by atoms with Gasteiger partial charge in [-0.1, -0.05) is 28.1 Å². The van der Waals surface area contributed by atoms with Crippen LogP contribution in [0.15, 0.2) is 40.9 Å². The van der Waals surface area contributed by atoms with Crippen LogP contribution in [0.3, 0.4) is 0 Å². The fourth-order valence-corrected chi connectivity index (χ4v) is 2.58. The Labute approximate surface area is 136 Å². The maximum atomic E-state index is 11.5. The Bertz CT molecular complexity index is 793. The Morgan fingerprint density at radius 3 is 2.59 bits per heavy atom. The predicted molar refractivity (Wildman–Crippen MR) is 88.1 cm³/mol. The summed E-state index contributed by atoms with van der Waals surface area (Å²) in [6.45, 7) is -0.223. The third-order valence-corrected chi connectivity index (χ3v) is 4.12. The quantitative estimate of drug-likeness (QED) is 0.783. The molecule has 0 saturated heterocycles. The average molecular weight is 387 g/mol. The Hall–Kier alpha value is -1.64. The number of rotatable bonds is 6. The molecule has 0 fully saturated rings. The van der Waals surface area contributed by atoms with Crippen LogP contribution in [0.25, 0.3) is 10.8 Å². The van der Waals surface area contributed by atoms with Crippen molar-refractivity contribution in [3.05, 3.63) is 40.9 Å². The van der Waals surface area contributed by atoms with Gasteiger partial charge in [0.2, 0.25) is 10.0 Å². The molecule has 3 N–H and O–H groups in total. The summed E-state index contributed by atoms with van der Waals surface area (Å²) in [6.07, 6.45) is 0. The zero-order valence-corrected chi connectivity index (χ0v) is 14.0. The minimum absolute atomic E-state index is 0.0349. The molecule has 0 heterocycles. The Balaban J connectivity index is 1.88. The Morgan fingerprint density at radius 1 is 1.18 bits per heavy atom. The molecule has 118 valence electrons. The van der Waals surface area contributed by atoms with Crippen LogP contribution in [0.1, 0.15) is 0 Å². The van der Waals surface area contributed by atoms with Crippen LogP contribution < -0.4 is 15.2 Å². The second kappa shape index (κ2) is 7.08. The molecule has 0 aromatic heterocycles. The van der Waals surface area contributed by atoms with Gasteiger partial charge in [-0.15, -0.1) is 0 Å². The van der Waals surface area contributed by atoms with Gasteiger partial charge in [-0.3, -0.25) is 4.79 Å². The maximum absolute atomic E-state index is 11.5. The van der Waals surface area contributed by atoms with E-state index in [4.69, 9.17) is 9.88 Å². The number of nitrogens with two attached hydrogens (primary N) is 1. The number of ether oxygens (including phenoxy) is 1. The molecule has 0 aliphatic carbocycles. The summed E-state index contributed by atoms with van der Waals surface area (Å²) < 4.78 is 27.8. The van der Waals surface area contributed by atoms with Gasteiger partial charge >= 0.3 is 0 Å². The fourth-order valence-electron chi connectivity index (χ4n) is 1.82. The van der Waals surface area contributed by atoms with E-state index in [1.54, 1.807) is 6.07 Å². The molecule has 0 bridgehead atoms. The normalized spacial score (nSPS) is 11.4. The molecular weight excluding hydrogens is 372 g/mol. The summed E-state index contributed by atoms with van der Waals surface area (Å²) in [5, 5.41) is 9.31. The van der Waals surface area contributed by atoms with Gasteiger partial charge in [-0.25, -0.2) is 13.6 Å². The first-order chi connectivity index (χ1) is 10.3. The van der Waals surface area contributed by atoms with Crippen molar-refractivity contribution in [1.29, 1.82) is 0 Å². The number of carbonyl (C=O) groups is 1. The van der Waals surface area contributed by atoms with E-state index in [0.717, 1.165) is 15.2 Å². The molecule has 6 nitrogen and oxygen atoms in total. The highest BCUT2D eigenvalue weighted by molar-refractivity contribution is 9.10. The number of sulfonamides is 1. The topological polar surface area (TPSA) is 98.5 Å². The van der Waals surface area contributed by atoms with E-state index in [2.05, 4.69) is 21.2 Å². The fraction of sp³-hybridized carbons (Fsp3) is 0.214. The first-order valence-corrected chi connectivity index (χ1v) is 8.94. The number of hydrogen-bond donors (Lipinski definition) is 2. The number of halogens is 1. The molecule has 0 saturated carbocycles. The van der Waals surface area contributed by atoms with Gasteiger partial charge in [0.15, 0.2) is 6.61 Å². The van der Waals surface area contributed by atoms with E-state index < -0.39 is 15.9 Å². The van der Waals surface area contributed by atoms with Gasteiger partial charge in [0.25, 0.3) is 5.91 Å². The molecular formula is C14H15BrN2O4S. The van der Waals surface area contributed by atoms with Crippen molar-refractivity contribution in [1.82, 2.24) is 5.32 Å². The highest BCUT2D eigenvalue weighted by Crippen LogP contribution is 2.23. The zero-order valence-electron chi connectivity index (χ0n) is 11.6. The van der Waals surface area contributed by atoms with Crippen molar-refractivity contribution < 1.29 is 17.9 Å². The van der Waals surface area contributed by atoms with E-state index in [1.807, 2.05) is 30.3 Å². The lowest BCUT2D eigenvalue weighted by atomic mass is 10.1. The van der Waals surface area contributed by atoms with Crippen LogP contribution in [0.4, 0.5) is 0 Å². The van der Waals surface area contributed by atoms with Crippen LogP contribution in [0.5, 0.6) is 5.75 Å². The molecule has 2 aromatic rings. The summed E-state index contributed by atoms with van der Waals surface area (Å²) in [5.41, 5.74) is 0. The number of carbonyl (C=O) groups excluding carboxylic acids is 1. The molecule has 8 heteroatoms. The summed E-state index contributed by atoms with van der Waals surface area (Å²) >= 11 is 3.40. The number of amides is 1. The molecule has 1 amide bonds. The molecule has 0 radical (unpaired) electrons. The Morgan fingerprint density at radius 2 is 1.86 bits per heavy atom. The van der Waals surface area contributed by atoms with Crippen LogP contribution >= 0.6 is 15.9 Å². The van der Waals surface area contributed by atoms with Crippen LogP contribution in [0.2, 0.25) is 0 Å². The van der Waals surface area contributed by atoms with E-state index in [1.165, 1.54) is 0 Å². The summed E-state index contributed by atoms with van der Waals surface area (Å²) in [5.74, 6) is -0.139. The van der Waals surface area contributed by atoms with Gasteiger partial charge in [-0.05, 0) is 35.0 Å². The van der Waals surface area contributed by atoms with Crippen LogP contribution in [0, 0.1) is 0 Å². The average Bonchev–Trinajstić information content (AvgIpc) is 2.43. The molecule has 0 aliphatic rings. The lowest BCUT2D eigenvalue weighted by molar-refractivity contribution is -0.122. The number of hydrogen-bond acceptors (Lipinski definition) is 4. The lowest BCUT2D eigenvalue weighted by Crippen LogP contribution is -2.34. The van der Waals surface area contributed by atoms with Gasteiger partial charge in [0.05, 0.1) is 5.75 Å². The van der Waals surface area contributed by atoms with Gasteiger partial charge in [0.1, 0.15) is 5.75 Å². The lowest BCUT2D eigenvalue weighted by Gasteiger charge is -2.08. The molecule has 0 atom stereocenters. The molecule has 0 unspecified atom stereocenters. The number of primary sulfonamides is 1. The largest absolute Gasteiger partial charge is 0.484 e. The van der Waals surface area contributed by atoms with E-state index >= 15 is 0 Å². The number of fused-ring (bicyclic) bond motifs is 1. The van der Waals surface area contributed by atoms with E-state index in [9.17, 15) is 13.2 Å². The third-order valence-electron chi connectivity index (χ3n) is 2.85. The van der Waals surface area contributed by atoms with Crippen LogP contribution in [-0.4, -0.2) is 33.2 Å². The van der Waals surface area contributed by atoms with Gasteiger partial charge in [-0.2, -0.15) is 0 Å². The molecule has 0 aliphatic heterocycles. The number of benzene rings is 2. The van der Waals surface area contributed by atoms with E-state index in [-0.39, 0.29) is 18.9 Å². The third kappa shape index (κ3) is 5.28. The second-order valence-electron chi connectivity index (χ2n) is 4.66. The van der Waals surface area contributed by atoms with Crippen molar-refractivity contribution in [2.24, 2.45) is 5.14 Å². The van der Waals surface area contributed by atoms with Crippen LogP contribution in [-0.2, 0) is 14.8 Å². The molecule has 2 aromatic carbocycles. The van der Waals surface area contributed by atoms with Crippen molar-refractivity contribution in [2.45, 2.75) is 0 Å². The van der Waals surface area contributed by atoms with Crippen molar-refractivity contribution in [2.75, 3.05) is 18.9 Å². The SMILES string of the molecule is NS(=O)(=O)CCNC(=O)COc1ccc2cc(Br)ccc2c1. The summed E-state index contributed by atoms with van der Waals surface area (Å²) in [7, 11) is -3.57. The van der Waals surface area contributed by atoms with Crippen molar-refractivity contribution in [3.8, 4) is 5.75 Å². The first kappa shape index (κ1) is 16.7. The monoisotopic (exact) mass is 386 g/mol. The smallest absolute Gasteiger partial charge is 0.257 e. The van der Waals surface area contributed by atoms with Crippen molar-refractivity contribution in [3.63, 3.8) is 0 Å². The first-order valence-electron chi connectivity index (χ1n) is 6.43. The molecule has 0 spiro atoms. The highest BCUT2D eigenvalue weighted by Gasteiger charge is 2.06. The molecule has 22 heavy (non-hydrogen) atoms. The van der Waals surface area contributed by atoms with Gasteiger partial charge in [0, 0.05) is 11.0 Å². The van der Waals surface area contributed by atoms with Crippen molar-refractivity contribution >= 4 is 42.6 Å². The molecule has 2 rings (SSSR count). The Kier molecular flexibility index (Phi) is 5.38. The zero-order chi connectivity index (χ0) is 16.2. The highest BCUT2D eigenvalue weighted by atomic mass is 79.9. The standard InChI is InChI=1S/C14H15BrN2O4S/c15-12-3-1-11-8-13(4-2-10(11)7-12)21-9-14(18)17-5-6-22(16,19)20/h1-4,7-8H,5-6,9H2,(H,17,18)(H2,16,19,20). The summed E-state index contributed by atoms with van der Waals surface area (Å²) in [6, 6.07) is 11.4. The second-order valence-corrected chi connectivity index (χ2v) is 7.31. The minimum atomic E-state index is -3.57. The minimum Gasteiger partial charge on any atom is -0.484 e. The predicted octanol–water partition coefficient (Wildman–Crippen LogP) is 1.39. The summed E-state index contributed by atoms with van der Waals surface area (Å²) in [4.78, 5) is 11.5.